The van der Waals surface area contributed by atoms with E-state index < -0.39 is 0 Å². The number of carbonyl (C=O) groups is 1. The number of hydrogen-bond acceptors (Lipinski definition) is 6. The summed E-state index contributed by atoms with van der Waals surface area (Å²) >= 11 is 12.6. The minimum absolute atomic E-state index is 0.0815. The average molecular weight is 400 g/mol. The van der Waals surface area contributed by atoms with Crippen LogP contribution in [0.25, 0.3) is 0 Å². The van der Waals surface area contributed by atoms with Crippen molar-refractivity contribution in [3.8, 4) is 0 Å². The summed E-state index contributed by atoms with van der Waals surface area (Å²) in [4.78, 5) is 14.0. The van der Waals surface area contributed by atoms with Crippen molar-refractivity contribution in [3.05, 3.63) is 33.2 Å². The van der Waals surface area contributed by atoms with Gasteiger partial charge >= 0.3 is 0 Å². The zero-order valence-corrected chi connectivity index (χ0v) is 17.1. The number of carbonyl (C=O) groups excluding carboxylic acids is 1. The van der Waals surface area contributed by atoms with Gasteiger partial charge in [-0.25, -0.2) is 4.68 Å². The lowest BCUT2D eigenvalue weighted by Gasteiger charge is -2.19. The zero-order valence-electron chi connectivity index (χ0n) is 14.7. The van der Waals surface area contributed by atoms with Crippen LogP contribution in [0.1, 0.15) is 20.8 Å². The number of aromatic nitrogens is 2. The number of benzene rings is 1. The molecule has 1 aromatic carbocycles. The Morgan fingerprint density at radius 1 is 1.36 bits per heavy atom. The molecule has 0 unspecified atom stereocenters. The highest BCUT2D eigenvalue weighted by atomic mass is 35.5. The van der Waals surface area contributed by atoms with Gasteiger partial charge in [0.15, 0.2) is 3.95 Å². The molecule has 6 nitrogen and oxygen atoms in total. The number of nitrogens with zero attached hydrogens (tertiary/aromatic N) is 3. The first-order chi connectivity index (χ1) is 11.6. The number of hydrogen-bond donors (Lipinski definition) is 2. The fraction of sp³-hybridized carbons (Fsp3) is 0.438. The molecule has 0 fully saturated rings. The van der Waals surface area contributed by atoms with Crippen LogP contribution in [0.5, 0.6) is 0 Å². The van der Waals surface area contributed by atoms with Crippen molar-refractivity contribution < 1.29 is 4.79 Å². The van der Waals surface area contributed by atoms with Crippen LogP contribution in [0.3, 0.4) is 0 Å². The van der Waals surface area contributed by atoms with E-state index in [9.17, 15) is 4.79 Å². The Morgan fingerprint density at radius 2 is 2.00 bits per heavy atom. The number of likely N-dealkylation sites (N-methyl/N-ethyl adjacent to an activating group) is 1. The Bertz CT molecular complexity index is 779. The maximum Gasteiger partial charge on any atom is 0.238 e. The van der Waals surface area contributed by atoms with Crippen LogP contribution >= 0.6 is 35.2 Å². The Hall–Kier alpha value is -1.48. The van der Waals surface area contributed by atoms with Gasteiger partial charge in [0.2, 0.25) is 11.0 Å². The normalized spacial score (nSPS) is 11.6. The second-order valence-corrected chi connectivity index (χ2v) is 8.82. The Morgan fingerprint density at radius 3 is 2.60 bits per heavy atom. The first-order valence-electron chi connectivity index (χ1n) is 7.72. The topological polar surface area (TPSA) is 62.2 Å². The predicted octanol–water partition coefficient (Wildman–Crippen LogP) is 4.07. The molecule has 0 bridgehead atoms. The molecule has 2 aromatic rings. The van der Waals surface area contributed by atoms with Crippen LogP contribution in [0.4, 0.5) is 10.8 Å². The second-order valence-electron chi connectivity index (χ2n) is 6.76. The molecule has 0 spiro atoms. The van der Waals surface area contributed by atoms with Gasteiger partial charge in [-0.05, 0) is 64.3 Å². The van der Waals surface area contributed by atoms with Crippen molar-refractivity contribution >= 4 is 51.9 Å². The van der Waals surface area contributed by atoms with Gasteiger partial charge in [-0.15, -0.1) is 5.10 Å². The van der Waals surface area contributed by atoms with Crippen molar-refractivity contribution in [3.63, 3.8) is 0 Å². The number of halogens is 1. The molecule has 1 amide bonds. The van der Waals surface area contributed by atoms with Gasteiger partial charge in [-0.2, -0.15) is 0 Å². The average Bonchev–Trinajstić information content (AvgIpc) is 2.78. The molecule has 0 radical (unpaired) electrons. The summed E-state index contributed by atoms with van der Waals surface area (Å²) in [5.74, 6) is -0.111. The van der Waals surface area contributed by atoms with E-state index in [2.05, 4.69) is 36.5 Å². The fourth-order valence-corrected chi connectivity index (χ4v) is 3.35. The summed E-state index contributed by atoms with van der Waals surface area (Å²) in [7, 11) is 1.85. The molecule has 0 atom stereocenters. The molecule has 25 heavy (non-hydrogen) atoms. The van der Waals surface area contributed by atoms with E-state index >= 15 is 0 Å². The minimum Gasteiger partial charge on any atom is -0.356 e. The summed E-state index contributed by atoms with van der Waals surface area (Å²) in [5, 5.41) is 12.0. The highest BCUT2D eigenvalue weighted by Gasteiger charge is 2.14. The molecule has 0 saturated heterocycles. The summed E-state index contributed by atoms with van der Waals surface area (Å²) < 4.78 is 2.38. The first-order valence-corrected chi connectivity index (χ1v) is 9.33. The van der Waals surface area contributed by atoms with E-state index in [1.807, 2.05) is 11.9 Å². The zero-order chi connectivity index (χ0) is 18.6. The third-order valence-electron chi connectivity index (χ3n) is 3.01. The van der Waals surface area contributed by atoms with Crippen molar-refractivity contribution in [2.24, 2.45) is 0 Å². The third-order valence-corrected chi connectivity index (χ3v) is 4.48. The summed E-state index contributed by atoms with van der Waals surface area (Å²) in [6, 6.07) is 7.00. The highest BCUT2D eigenvalue weighted by Crippen LogP contribution is 2.19. The van der Waals surface area contributed by atoms with Gasteiger partial charge in [0.1, 0.15) is 0 Å². The van der Waals surface area contributed by atoms with E-state index in [1.54, 1.807) is 28.9 Å². The molecule has 0 saturated carbocycles. The molecule has 2 rings (SSSR count). The quantitative estimate of drug-likeness (QED) is 0.717. The number of amides is 1. The van der Waals surface area contributed by atoms with Crippen molar-refractivity contribution in [2.75, 3.05) is 24.2 Å². The van der Waals surface area contributed by atoms with Gasteiger partial charge in [-0.1, -0.05) is 22.9 Å². The van der Waals surface area contributed by atoms with Crippen molar-refractivity contribution in [1.82, 2.24) is 14.7 Å². The molecule has 1 heterocycles. The SMILES string of the molecule is CN(CC(=O)Nc1ccc(Cl)cc1)Cn1nc(NC(C)(C)C)sc1=S. The van der Waals surface area contributed by atoms with E-state index in [0.29, 0.717) is 21.3 Å². The van der Waals surface area contributed by atoms with E-state index in [0.717, 1.165) is 5.13 Å². The van der Waals surface area contributed by atoms with Crippen molar-refractivity contribution in [1.29, 1.82) is 0 Å². The predicted molar refractivity (Wildman–Crippen MR) is 107 cm³/mol. The lowest BCUT2D eigenvalue weighted by atomic mass is 10.1. The molecule has 0 aliphatic carbocycles. The monoisotopic (exact) mass is 399 g/mol. The number of rotatable bonds is 6. The molecule has 1 aromatic heterocycles. The molecule has 0 aliphatic heterocycles. The Labute approximate surface area is 161 Å². The summed E-state index contributed by atoms with van der Waals surface area (Å²) in [6.45, 7) is 6.86. The second kappa shape index (κ2) is 8.27. The summed E-state index contributed by atoms with van der Waals surface area (Å²) in [6.07, 6.45) is 0. The van der Waals surface area contributed by atoms with E-state index in [-0.39, 0.29) is 18.0 Å². The lowest BCUT2D eigenvalue weighted by Crippen LogP contribution is -2.32. The van der Waals surface area contributed by atoms with Crippen LogP contribution in [0.2, 0.25) is 5.02 Å². The van der Waals surface area contributed by atoms with Crippen LogP contribution in [-0.2, 0) is 11.5 Å². The van der Waals surface area contributed by atoms with Gasteiger partial charge in [-0.3, -0.25) is 9.69 Å². The third kappa shape index (κ3) is 6.74. The van der Waals surface area contributed by atoms with Crippen molar-refractivity contribution in [2.45, 2.75) is 33.0 Å². The maximum absolute atomic E-state index is 12.1. The first kappa shape index (κ1) is 19.8. The van der Waals surface area contributed by atoms with Gasteiger partial charge < -0.3 is 10.6 Å². The smallest absolute Gasteiger partial charge is 0.238 e. The number of nitrogens with one attached hydrogen (secondary N) is 2. The minimum atomic E-state index is -0.111. The number of anilines is 2. The summed E-state index contributed by atoms with van der Waals surface area (Å²) in [5.41, 5.74) is 0.631. The van der Waals surface area contributed by atoms with E-state index in [4.69, 9.17) is 23.8 Å². The molecule has 2 N–H and O–H groups in total. The Kier molecular flexibility index (Phi) is 6.56. The molecule has 0 aliphatic rings. The van der Waals surface area contributed by atoms with E-state index in [1.165, 1.54) is 11.3 Å². The van der Waals surface area contributed by atoms with Gasteiger partial charge in [0.25, 0.3) is 0 Å². The molecular formula is C16H22ClN5OS2. The van der Waals surface area contributed by atoms with Gasteiger partial charge in [0.05, 0.1) is 13.2 Å². The highest BCUT2D eigenvalue weighted by molar-refractivity contribution is 7.73. The standard InChI is InChI=1S/C16H22ClN5OS2/c1-16(2,3)19-14-20-22(15(24)25-14)10-21(4)9-13(23)18-12-7-5-11(17)6-8-12/h5-8H,9-10H2,1-4H3,(H,18,23)(H,19,20). The Balaban J connectivity index is 1.91. The fourth-order valence-electron chi connectivity index (χ4n) is 2.02. The lowest BCUT2D eigenvalue weighted by molar-refractivity contribution is -0.117. The van der Waals surface area contributed by atoms with Gasteiger partial charge in [0, 0.05) is 16.2 Å². The molecule has 136 valence electrons. The van der Waals surface area contributed by atoms with Crippen LogP contribution in [0, 0.1) is 3.95 Å². The van der Waals surface area contributed by atoms with Crippen LogP contribution in [-0.4, -0.2) is 39.7 Å². The largest absolute Gasteiger partial charge is 0.356 e. The molecular weight excluding hydrogens is 378 g/mol. The molecule has 9 heteroatoms. The van der Waals surface area contributed by atoms with Crippen LogP contribution < -0.4 is 10.6 Å². The van der Waals surface area contributed by atoms with Crippen LogP contribution in [0.15, 0.2) is 24.3 Å². The maximum atomic E-state index is 12.1.